The number of aromatic nitrogens is 1. The third-order valence-corrected chi connectivity index (χ3v) is 5.16. The van der Waals surface area contributed by atoms with Crippen molar-refractivity contribution in [3.05, 3.63) is 49.4 Å². The molecule has 0 aliphatic heterocycles. The van der Waals surface area contributed by atoms with Gasteiger partial charge in [0, 0.05) is 18.1 Å². The van der Waals surface area contributed by atoms with Gasteiger partial charge in [0.25, 0.3) is 0 Å². The highest BCUT2D eigenvalue weighted by molar-refractivity contribution is 9.12. The molecule has 22 heavy (non-hydrogen) atoms. The van der Waals surface area contributed by atoms with E-state index in [0.717, 1.165) is 27.3 Å². The number of halogens is 1. The second-order valence-electron chi connectivity index (χ2n) is 5.04. The average Bonchev–Trinajstić information content (AvgIpc) is 2.94. The molecule has 0 spiro atoms. The van der Waals surface area contributed by atoms with Crippen LogP contribution in [0.5, 0.6) is 5.75 Å². The summed E-state index contributed by atoms with van der Waals surface area (Å²) in [5.41, 5.74) is 5.83. The number of aryl methyl sites for hydroxylation is 2. The van der Waals surface area contributed by atoms with Crippen molar-refractivity contribution >= 4 is 44.6 Å². The zero-order valence-electron chi connectivity index (χ0n) is 12.2. The fraction of sp³-hybridized carbons (Fsp3) is 0.188. The number of allylic oxidation sites excluding steroid dienone is 1. The molecule has 0 radical (unpaired) electrons. The first kappa shape index (κ1) is 15.1. The highest BCUT2D eigenvalue weighted by Gasteiger charge is 2.32. The van der Waals surface area contributed by atoms with Gasteiger partial charge in [-0.25, -0.2) is 4.98 Å². The normalized spacial score (nSPS) is 13.5. The molecule has 0 bridgehead atoms. The van der Waals surface area contributed by atoms with Crippen LogP contribution in [0.25, 0.3) is 5.57 Å². The molecule has 1 aliphatic carbocycles. The van der Waals surface area contributed by atoms with E-state index < -0.39 is 5.97 Å². The van der Waals surface area contributed by atoms with Crippen molar-refractivity contribution in [1.29, 1.82) is 0 Å². The van der Waals surface area contributed by atoms with Crippen LogP contribution in [0.4, 0.5) is 0 Å². The SMILES string of the molecule is CC(=O)Oc1cc(C)c2c(c1)C(=O)C(Br)=C2c1scnc1C. The van der Waals surface area contributed by atoms with Crippen LogP contribution in [0, 0.1) is 13.8 Å². The van der Waals surface area contributed by atoms with E-state index in [1.807, 2.05) is 13.8 Å². The molecular weight excluding hydrogens is 366 g/mol. The van der Waals surface area contributed by atoms with Crippen LogP contribution in [0.2, 0.25) is 0 Å². The van der Waals surface area contributed by atoms with Crippen molar-refractivity contribution in [3.8, 4) is 5.75 Å². The van der Waals surface area contributed by atoms with E-state index >= 15 is 0 Å². The lowest BCUT2D eigenvalue weighted by atomic mass is 9.98. The number of nitrogens with zero attached hydrogens (tertiary/aromatic N) is 1. The Balaban J connectivity index is 2.21. The van der Waals surface area contributed by atoms with Crippen LogP contribution in [0.3, 0.4) is 0 Å². The van der Waals surface area contributed by atoms with E-state index in [2.05, 4.69) is 20.9 Å². The van der Waals surface area contributed by atoms with E-state index in [9.17, 15) is 9.59 Å². The zero-order chi connectivity index (χ0) is 16.0. The summed E-state index contributed by atoms with van der Waals surface area (Å²) in [6.07, 6.45) is 0. The summed E-state index contributed by atoms with van der Waals surface area (Å²) >= 11 is 4.92. The topological polar surface area (TPSA) is 56.3 Å². The first-order valence-corrected chi connectivity index (χ1v) is 8.25. The molecule has 0 atom stereocenters. The summed E-state index contributed by atoms with van der Waals surface area (Å²) in [5.74, 6) is -0.120. The molecule has 2 aromatic rings. The Morgan fingerprint density at radius 2 is 2.05 bits per heavy atom. The van der Waals surface area contributed by atoms with Crippen LogP contribution in [0.15, 0.2) is 22.1 Å². The van der Waals surface area contributed by atoms with Crippen LogP contribution < -0.4 is 4.74 Å². The van der Waals surface area contributed by atoms with Crippen molar-refractivity contribution in [1.82, 2.24) is 4.98 Å². The first-order valence-electron chi connectivity index (χ1n) is 6.58. The fourth-order valence-electron chi connectivity index (χ4n) is 2.59. The third kappa shape index (κ3) is 2.32. The van der Waals surface area contributed by atoms with E-state index in [0.29, 0.717) is 15.8 Å². The maximum absolute atomic E-state index is 12.5. The minimum Gasteiger partial charge on any atom is -0.427 e. The Kier molecular flexibility index (Phi) is 3.74. The van der Waals surface area contributed by atoms with Gasteiger partial charge in [-0.05, 0) is 53.0 Å². The summed E-state index contributed by atoms with van der Waals surface area (Å²) in [6.45, 7) is 5.16. The summed E-state index contributed by atoms with van der Waals surface area (Å²) in [5, 5.41) is 0. The smallest absolute Gasteiger partial charge is 0.308 e. The Morgan fingerprint density at radius 3 is 2.64 bits per heavy atom. The number of hydrogen-bond acceptors (Lipinski definition) is 5. The molecule has 0 unspecified atom stereocenters. The van der Waals surface area contributed by atoms with Crippen molar-refractivity contribution in [2.75, 3.05) is 0 Å². The summed E-state index contributed by atoms with van der Waals surface area (Å²) in [4.78, 5) is 28.9. The molecule has 1 aromatic heterocycles. The molecule has 4 nitrogen and oxygen atoms in total. The van der Waals surface area contributed by atoms with Gasteiger partial charge >= 0.3 is 5.97 Å². The van der Waals surface area contributed by atoms with Crippen molar-refractivity contribution in [2.45, 2.75) is 20.8 Å². The minimum atomic E-state index is -0.407. The number of carbonyl (C=O) groups excluding carboxylic acids is 2. The number of hydrogen-bond donors (Lipinski definition) is 0. The number of thiazole rings is 1. The van der Waals surface area contributed by atoms with Crippen LogP contribution in [-0.2, 0) is 4.79 Å². The Hall–Kier alpha value is -1.79. The van der Waals surface area contributed by atoms with Gasteiger partial charge in [-0.1, -0.05) is 0 Å². The molecule has 0 saturated heterocycles. The number of esters is 1. The summed E-state index contributed by atoms with van der Waals surface area (Å²) < 4.78 is 5.64. The lowest BCUT2D eigenvalue weighted by molar-refractivity contribution is -0.131. The monoisotopic (exact) mass is 377 g/mol. The van der Waals surface area contributed by atoms with Crippen molar-refractivity contribution in [2.24, 2.45) is 0 Å². The van der Waals surface area contributed by atoms with E-state index in [-0.39, 0.29) is 5.78 Å². The molecule has 6 heteroatoms. The average molecular weight is 378 g/mol. The van der Waals surface area contributed by atoms with Gasteiger partial charge in [0.15, 0.2) is 0 Å². The molecule has 1 aromatic carbocycles. The van der Waals surface area contributed by atoms with Gasteiger partial charge < -0.3 is 4.74 Å². The zero-order valence-corrected chi connectivity index (χ0v) is 14.6. The van der Waals surface area contributed by atoms with E-state index in [1.54, 1.807) is 17.6 Å². The number of fused-ring (bicyclic) bond motifs is 1. The summed E-state index contributed by atoms with van der Waals surface area (Å²) in [7, 11) is 0. The highest BCUT2D eigenvalue weighted by Crippen LogP contribution is 2.45. The second-order valence-corrected chi connectivity index (χ2v) is 6.69. The summed E-state index contributed by atoms with van der Waals surface area (Å²) in [6, 6.07) is 3.40. The second kappa shape index (κ2) is 5.44. The van der Waals surface area contributed by atoms with Gasteiger partial charge in [0.1, 0.15) is 5.75 Å². The van der Waals surface area contributed by atoms with Crippen LogP contribution in [-0.4, -0.2) is 16.7 Å². The predicted molar refractivity (Wildman–Crippen MR) is 88.6 cm³/mol. The number of benzene rings is 1. The van der Waals surface area contributed by atoms with Crippen LogP contribution >= 0.6 is 27.3 Å². The molecule has 3 rings (SSSR count). The number of rotatable bonds is 2. The molecule has 1 aliphatic rings. The number of carbonyl (C=O) groups is 2. The van der Waals surface area contributed by atoms with Gasteiger partial charge in [0.2, 0.25) is 5.78 Å². The molecule has 0 amide bonds. The lowest BCUT2D eigenvalue weighted by Crippen LogP contribution is -2.04. The minimum absolute atomic E-state index is 0.102. The molecule has 0 saturated carbocycles. The van der Waals surface area contributed by atoms with Crippen molar-refractivity contribution in [3.63, 3.8) is 0 Å². The number of ketones is 1. The van der Waals surface area contributed by atoms with Gasteiger partial charge in [-0.3, -0.25) is 9.59 Å². The lowest BCUT2D eigenvalue weighted by Gasteiger charge is -2.10. The Bertz CT molecular complexity index is 851. The third-order valence-electron chi connectivity index (χ3n) is 3.46. The largest absolute Gasteiger partial charge is 0.427 e. The predicted octanol–water partition coefficient (Wildman–Crippen LogP) is 4.04. The van der Waals surface area contributed by atoms with E-state index in [4.69, 9.17) is 4.74 Å². The molecular formula is C16H12BrNO3S. The maximum atomic E-state index is 12.5. The Labute approximate surface area is 140 Å². The van der Waals surface area contributed by atoms with Gasteiger partial charge in [-0.15, -0.1) is 11.3 Å². The van der Waals surface area contributed by atoms with Crippen LogP contribution in [0.1, 0.15) is 39.0 Å². The molecule has 0 fully saturated rings. The quantitative estimate of drug-likeness (QED) is 0.585. The fourth-order valence-corrected chi connectivity index (χ4v) is 4.19. The van der Waals surface area contributed by atoms with Crippen molar-refractivity contribution < 1.29 is 14.3 Å². The standard InChI is InChI=1S/C16H12BrNO3S/c1-7-4-10(21-9(3)19)5-11-12(7)13(14(17)15(11)20)16-8(2)18-6-22-16/h4-6H,1-3H3. The molecule has 0 N–H and O–H groups in total. The number of Topliss-reactive ketones (excluding diaryl/α,β-unsaturated/α-hetero) is 1. The van der Waals surface area contributed by atoms with Gasteiger partial charge in [0.05, 0.1) is 20.6 Å². The van der Waals surface area contributed by atoms with Gasteiger partial charge in [-0.2, -0.15) is 0 Å². The number of ether oxygens (including phenoxy) is 1. The Morgan fingerprint density at radius 1 is 1.32 bits per heavy atom. The molecule has 112 valence electrons. The molecule has 1 heterocycles. The maximum Gasteiger partial charge on any atom is 0.308 e. The van der Waals surface area contributed by atoms with E-state index in [1.165, 1.54) is 18.3 Å². The first-order chi connectivity index (χ1) is 10.4. The highest BCUT2D eigenvalue weighted by atomic mass is 79.9.